The van der Waals surface area contributed by atoms with Crippen LogP contribution in [0.3, 0.4) is 0 Å². The molecule has 1 aromatic rings. The predicted molar refractivity (Wildman–Crippen MR) is 50.4 cm³/mol. The molecule has 5 nitrogen and oxygen atoms in total. The number of aromatic carboxylic acids is 1. The zero-order valence-electron chi connectivity index (χ0n) is 8.12. The second kappa shape index (κ2) is 5.39. The van der Waals surface area contributed by atoms with Gasteiger partial charge in [-0.15, -0.1) is 0 Å². The van der Waals surface area contributed by atoms with Crippen molar-refractivity contribution in [3.8, 4) is 0 Å². The van der Waals surface area contributed by atoms with Crippen LogP contribution in [0, 0.1) is 0 Å². The number of ether oxygens (including phenoxy) is 1. The van der Waals surface area contributed by atoms with Gasteiger partial charge in [0.05, 0.1) is 6.20 Å². The van der Waals surface area contributed by atoms with Crippen molar-refractivity contribution < 1.29 is 14.6 Å². The molecule has 1 heterocycles. The molecule has 0 saturated carbocycles. The second-order valence-corrected chi connectivity index (χ2v) is 3.00. The first-order valence-electron chi connectivity index (χ1n) is 4.50. The summed E-state index contributed by atoms with van der Waals surface area (Å²) < 4.78 is 4.90. The van der Waals surface area contributed by atoms with Crippen molar-refractivity contribution in [1.29, 1.82) is 0 Å². The molecule has 0 aliphatic carbocycles. The summed E-state index contributed by atoms with van der Waals surface area (Å²) in [5, 5.41) is 8.62. The molecule has 2 N–H and O–H groups in total. The van der Waals surface area contributed by atoms with E-state index in [0.717, 1.165) is 31.7 Å². The first kappa shape index (κ1) is 10.7. The molecule has 0 bridgehead atoms. The summed E-state index contributed by atoms with van der Waals surface area (Å²) in [5.41, 5.74) is 0.145. The summed E-state index contributed by atoms with van der Waals surface area (Å²) in [4.78, 5) is 17.2. The number of nitrogens with zero attached hydrogens (tertiary/aromatic N) is 1. The Morgan fingerprint density at radius 2 is 2.43 bits per heavy atom. The third-order valence-electron chi connectivity index (χ3n) is 1.87. The molecule has 14 heavy (non-hydrogen) atoms. The fraction of sp³-hybridized carbons (Fsp3) is 0.556. The lowest BCUT2D eigenvalue weighted by atomic mass is 10.2. The second-order valence-electron chi connectivity index (χ2n) is 3.00. The normalized spacial score (nSPS) is 10.4. The average Bonchev–Trinajstić information content (AvgIpc) is 2.61. The van der Waals surface area contributed by atoms with Crippen molar-refractivity contribution >= 4 is 5.97 Å². The molecule has 1 rings (SSSR count). The largest absolute Gasteiger partial charge is 0.477 e. The Morgan fingerprint density at radius 1 is 1.64 bits per heavy atom. The highest BCUT2D eigenvalue weighted by Crippen LogP contribution is 2.02. The van der Waals surface area contributed by atoms with Crippen LogP contribution >= 0.6 is 0 Å². The lowest BCUT2D eigenvalue weighted by Crippen LogP contribution is -1.97. The fourth-order valence-electron chi connectivity index (χ4n) is 1.14. The molecule has 0 spiro atoms. The Hall–Kier alpha value is -1.36. The van der Waals surface area contributed by atoms with Crippen LogP contribution in [0.4, 0.5) is 0 Å². The van der Waals surface area contributed by atoms with Gasteiger partial charge < -0.3 is 14.8 Å². The van der Waals surface area contributed by atoms with Crippen LogP contribution in [0.1, 0.15) is 29.2 Å². The van der Waals surface area contributed by atoms with Crippen LogP contribution in [-0.2, 0) is 11.2 Å². The number of aryl methyl sites for hydroxylation is 1. The van der Waals surface area contributed by atoms with Crippen molar-refractivity contribution in [1.82, 2.24) is 9.97 Å². The molecule has 0 aromatic carbocycles. The van der Waals surface area contributed by atoms with E-state index >= 15 is 0 Å². The van der Waals surface area contributed by atoms with Crippen molar-refractivity contribution in [3.63, 3.8) is 0 Å². The van der Waals surface area contributed by atoms with Crippen LogP contribution in [0.25, 0.3) is 0 Å². The quantitative estimate of drug-likeness (QED) is 0.670. The maximum atomic E-state index is 10.5. The number of carboxylic acid groups (broad SMARTS) is 1. The molecule has 0 amide bonds. The molecular formula is C9H14N2O3. The Kier molecular flexibility index (Phi) is 4.12. The number of hydrogen-bond acceptors (Lipinski definition) is 3. The molecular weight excluding hydrogens is 184 g/mol. The summed E-state index contributed by atoms with van der Waals surface area (Å²) in [5.74, 6) is -0.251. The van der Waals surface area contributed by atoms with E-state index in [1.54, 1.807) is 7.11 Å². The summed E-state index contributed by atoms with van der Waals surface area (Å²) in [6.45, 7) is 0.729. The summed E-state index contributed by atoms with van der Waals surface area (Å²) in [7, 11) is 1.66. The highest BCUT2D eigenvalue weighted by atomic mass is 16.5. The molecule has 78 valence electrons. The molecule has 0 atom stereocenters. The van der Waals surface area contributed by atoms with Crippen LogP contribution in [0.15, 0.2) is 6.20 Å². The highest BCUT2D eigenvalue weighted by Gasteiger charge is 2.06. The van der Waals surface area contributed by atoms with Gasteiger partial charge in [0.1, 0.15) is 11.5 Å². The van der Waals surface area contributed by atoms with Crippen LogP contribution in [-0.4, -0.2) is 34.8 Å². The third-order valence-corrected chi connectivity index (χ3v) is 1.87. The molecule has 0 saturated heterocycles. The van der Waals surface area contributed by atoms with Crippen molar-refractivity contribution in [2.45, 2.75) is 19.3 Å². The van der Waals surface area contributed by atoms with Gasteiger partial charge in [0.15, 0.2) is 0 Å². The summed E-state index contributed by atoms with van der Waals surface area (Å²) >= 11 is 0. The number of aromatic nitrogens is 2. The van der Waals surface area contributed by atoms with E-state index in [1.165, 1.54) is 6.20 Å². The van der Waals surface area contributed by atoms with E-state index in [-0.39, 0.29) is 5.69 Å². The Labute approximate surface area is 82.1 Å². The third kappa shape index (κ3) is 3.18. The fourth-order valence-corrected chi connectivity index (χ4v) is 1.14. The number of carbonyl (C=O) groups is 1. The zero-order chi connectivity index (χ0) is 10.4. The van der Waals surface area contributed by atoms with Crippen molar-refractivity contribution in [2.24, 2.45) is 0 Å². The maximum Gasteiger partial charge on any atom is 0.353 e. The number of aromatic amines is 1. The SMILES string of the molecule is COCCCCc1ncc(C(=O)O)[nH]1. The maximum absolute atomic E-state index is 10.5. The molecule has 0 unspecified atom stereocenters. The van der Waals surface area contributed by atoms with Crippen LogP contribution < -0.4 is 0 Å². The van der Waals surface area contributed by atoms with Crippen molar-refractivity contribution in [2.75, 3.05) is 13.7 Å². The van der Waals surface area contributed by atoms with Gasteiger partial charge in [0.2, 0.25) is 0 Å². The number of nitrogens with one attached hydrogen (secondary N) is 1. The standard InChI is InChI=1S/C9H14N2O3/c1-14-5-3-2-4-8-10-6-7(11-8)9(12)13/h6H,2-5H2,1H3,(H,10,11)(H,12,13). The minimum atomic E-state index is -0.972. The smallest absolute Gasteiger partial charge is 0.353 e. The minimum absolute atomic E-state index is 0.145. The number of H-pyrrole nitrogens is 1. The van der Waals surface area contributed by atoms with E-state index in [2.05, 4.69) is 9.97 Å². The van der Waals surface area contributed by atoms with Gasteiger partial charge in [-0.25, -0.2) is 9.78 Å². The predicted octanol–water partition coefficient (Wildman–Crippen LogP) is 1.08. The Bertz CT molecular complexity index is 296. The van der Waals surface area contributed by atoms with Gasteiger partial charge in [-0.2, -0.15) is 0 Å². The number of imidazole rings is 1. The molecule has 0 aliphatic heterocycles. The number of unbranched alkanes of at least 4 members (excludes halogenated alkanes) is 1. The summed E-state index contributed by atoms with van der Waals surface area (Å²) in [6.07, 6.45) is 4.00. The Balaban J connectivity index is 2.33. The van der Waals surface area contributed by atoms with Crippen LogP contribution in [0.5, 0.6) is 0 Å². The van der Waals surface area contributed by atoms with Gasteiger partial charge in [-0.05, 0) is 12.8 Å². The van der Waals surface area contributed by atoms with Gasteiger partial charge >= 0.3 is 5.97 Å². The lowest BCUT2D eigenvalue weighted by Gasteiger charge is -1.97. The molecule has 0 aliphatic rings. The van der Waals surface area contributed by atoms with E-state index in [4.69, 9.17) is 9.84 Å². The van der Waals surface area contributed by atoms with Crippen molar-refractivity contribution in [3.05, 3.63) is 17.7 Å². The molecule has 0 fully saturated rings. The number of rotatable bonds is 6. The molecule has 0 radical (unpaired) electrons. The van der Waals surface area contributed by atoms with E-state index in [0.29, 0.717) is 0 Å². The molecule has 1 aromatic heterocycles. The highest BCUT2D eigenvalue weighted by molar-refractivity contribution is 5.84. The van der Waals surface area contributed by atoms with E-state index in [1.807, 2.05) is 0 Å². The zero-order valence-corrected chi connectivity index (χ0v) is 8.12. The van der Waals surface area contributed by atoms with Gasteiger partial charge in [0, 0.05) is 20.1 Å². The Morgan fingerprint density at radius 3 is 3.00 bits per heavy atom. The lowest BCUT2D eigenvalue weighted by molar-refractivity contribution is 0.0691. The summed E-state index contributed by atoms with van der Waals surface area (Å²) in [6, 6.07) is 0. The number of hydrogen-bond donors (Lipinski definition) is 2. The average molecular weight is 198 g/mol. The topological polar surface area (TPSA) is 75.2 Å². The monoisotopic (exact) mass is 198 g/mol. The molecule has 5 heteroatoms. The van der Waals surface area contributed by atoms with E-state index in [9.17, 15) is 4.79 Å². The van der Waals surface area contributed by atoms with Gasteiger partial charge in [0.25, 0.3) is 0 Å². The first-order valence-corrected chi connectivity index (χ1v) is 4.50. The van der Waals surface area contributed by atoms with Gasteiger partial charge in [-0.1, -0.05) is 0 Å². The minimum Gasteiger partial charge on any atom is -0.477 e. The van der Waals surface area contributed by atoms with E-state index < -0.39 is 5.97 Å². The van der Waals surface area contributed by atoms with Crippen LogP contribution in [0.2, 0.25) is 0 Å². The van der Waals surface area contributed by atoms with Gasteiger partial charge in [-0.3, -0.25) is 0 Å². The first-order chi connectivity index (χ1) is 6.74. The number of methoxy groups -OCH3 is 1. The number of carboxylic acids is 1.